The lowest BCUT2D eigenvalue weighted by Gasteiger charge is -2.19. The SMILES string of the molecule is Cc1ccc(OCC(O)Cn2c(C3CC(=O)N(c4ccccc4F)C3)nc3ccccc32)cc1. The lowest BCUT2D eigenvalue weighted by Crippen LogP contribution is -2.27. The fourth-order valence-electron chi connectivity index (χ4n) is 4.47. The van der Waals surface area contributed by atoms with Crippen LogP contribution in [0.2, 0.25) is 0 Å². The lowest BCUT2D eigenvalue weighted by atomic mass is 10.1. The average Bonchev–Trinajstić information content (AvgIpc) is 3.39. The number of imidazole rings is 1. The van der Waals surface area contributed by atoms with E-state index in [2.05, 4.69) is 0 Å². The number of rotatable bonds is 7. The van der Waals surface area contributed by atoms with Crippen LogP contribution in [-0.4, -0.2) is 39.8 Å². The van der Waals surface area contributed by atoms with Crippen LogP contribution >= 0.6 is 0 Å². The van der Waals surface area contributed by atoms with Crippen molar-refractivity contribution in [3.8, 4) is 5.75 Å². The molecule has 0 radical (unpaired) electrons. The van der Waals surface area contributed by atoms with Crippen molar-refractivity contribution in [2.24, 2.45) is 0 Å². The van der Waals surface area contributed by atoms with Crippen molar-refractivity contribution < 1.29 is 19.0 Å². The van der Waals surface area contributed by atoms with Crippen LogP contribution in [0.3, 0.4) is 0 Å². The van der Waals surface area contributed by atoms with Crippen LogP contribution in [0.4, 0.5) is 10.1 Å². The first kappa shape index (κ1) is 22.1. The van der Waals surface area contributed by atoms with Crippen LogP contribution in [0.15, 0.2) is 72.8 Å². The Kier molecular flexibility index (Phi) is 6.02. The molecule has 1 amide bonds. The monoisotopic (exact) mass is 459 g/mol. The standard InChI is InChI=1S/C27H26FN3O3/c1-18-10-12-21(13-11-18)34-17-20(32)16-31-25-9-5-3-7-23(25)29-27(31)19-14-26(33)30(15-19)24-8-4-2-6-22(24)28/h2-13,19-20,32H,14-17H2,1H3. The molecule has 3 aromatic carbocycles. The quantitative estimate of drug-likeness (QED) is 0.444. The van der Waals surface area contributed by atoms with Crippen molar-refractivity contribution in [3.05, 3.63) is 90.0 Å². The maximum Gasteiger partial charge on any atom is 0.227 e. The lowest BCUT2D eigenvalue weighted by molar-refractivity contribution is -0.117. The zero-order chi connectivity index (χ0) is 23.7. The number of carbonyl (C=O) groups is 1. The van der Waals surface area contributed by atoms with Crippen LogP contribution in [-0.2, 0) is 11.3 Å². The van der Waals surface area contributed by atoms with Gasteiger partial charge in [-0.3, -0.25) is 4.79 Å². The molecule has 4 aromatic rings. The van der Waals surface area contributed by atoms with Crippen LogP contribution in [0, 0.1) is 12.7 Å². The van der Waals surface area contributed by atoms with Crippen molar-refractivity contribution in [1.82, 2.24) is 9.55 Å². The van der Waals surface area contributed by atoms with E-state index in [1.54, 1.807) is 18.2 Å². The van der Waals surface area contributed by atoms with Crippen molar-refractivity contribution in [1.29, 1.82) is 0 Å². The highest BCUT2D eigenvalue weighted by Gasteiger charge is 2.36. The van der Waals surface area contributed by atoms with Gasteiger partial charge in [0.1, 0.15) is 30.1 Å². The van der Waals surface area contributed by atoms with E-state index in [0.29, 0.717) is 18.1 Å². The first-order valence-corrected chi connectivity index (χ1v) is 11.4. The molecule has 1 aliphatic rings. The third-order valence-corrected chi connectivity index (χ3v) is 6.17. The number of halogens is 1. The highest BCUT2D eigenvalue weighted by atomic mass is 19.1. The van der Waals surface area contributed by atoms with E-state index in [4.69, 9.17) is 9.72 Å². The first-order valence-electron chi connectivity index (χ1n) is 11.4. The number of amides is 1. The number of hydrogen-bond donors (Lipinski definition) is 1. The van der Waals surface area contributed by atoms with E-state index in [-0.39, 0.29) is 37.1 Å². The summed E-state index contributed by atoms with van der Waals surface area (Å²) in [6.07, 6.45) is -0.550. The van der Waals surface area contributed by atoms with Gasteiger partial charge in [-0.25, -0.2) is 9.37 Å². The molecule has 6 nitrogen and oxygen atoms in total. The summed E-state index contributed by atoms with van der Waals surface area (Å²) in [7, 11) is 0. The van der Waals surface area contributed by atoms with Gasteiger partial charge in [-0.15, -0.1) is 0 Å². The molecule has 1 aromatic heterocycles. The maximum absolute atomic E-state index is 14.3. The number of hydrogen-bond acceptors (Lipinski definition) is 4. The van der Waals surface area contributed by atoms with Crippen LogP contribution in [0.25, 0.3) is 11.0 Å². The number of aliphatic hydroxyl groups is 1. The highest BCUT2D eigenvalue weighted by Crippen LogP contribution is 2.34. The first-order chi connectivity index (χ1) is 16.5. The zero-order valence-corrected chi connectivity index (χ0v) is 18.9. The third kappa shape index (κ3) is 4.39. The van der Waals surface area contributed by atoms with Crippen molar-refractivity contribution in [3.63, 3.8) is 0 Å². The molecule has 0 bridgehead atoms. The van der Waals surface area contributed by atoms with Gasteiger partial charge in [0, 0.05) is 18.9 Å². The second kappa shape index (κ2) is 9.27. The van der Waals surface area contributed by atoms with Crippen LogP contribution in [0.5, 0.6) is 5.75 Å². The van der Waals surface area contributed by atoms with Crippen LogP contribution in [0.1, 0.15) is 23.7 Å². The van der Waals surface area contributed by atoms with Gasteiger partial charge in [-0.05, 0) is 43.3 Å². The predicted molar refractivity (Wildman–Crippen MR) is 129 cm³/mol. The molecular formula is C27H26FN3O3. The van der Waals surface area contributed by atoms with E-state index < -0.39 is 11.9 Å². The Balaban J connectivity index is 1.38. The Morgan fingerprint density at radius 1 is 1.09 bits per heavy atom. The number of aromatic nitrogens is 2. The molecule has 0 spiro atoms. The molecule has 1 aliphatic heterocycles. The minimum absolute atomic E-state index is 0.125. The number of anilines is 1. The number of carbonyl (C=O) groups excluding carboxylic acids is 1. The molecule has 7 heteroatoms. The van der Waals surface area contributed by atoms with E-state index in [9.17, 15) is 14.3 Å². The summed E-state index contributed by atoms with van der Waals surface area (Å²) in [6.45, 7) is 2.73. The topological polar surface area (TPSA) is 67.6 Å². The van der Waals surface area contributed by atoms with Crippen LogP contribution < -0.4 is 9.64 Å². The summed E-state index contributed by atoms with van der Waals surface area (Å²) >= 11 is 0. The molecule has 2 atom stereocenters. The summed E-state index contributed by atoms with van der Waals surface area (Å²) in [5.41, 5.74) is 3.09. The maximum atomic E-state index is 14.3. The molecule has 2 unspecified atom stereocenters. The second-order valence-corrected chi connectivity index (χ2v) is 8.70. The number of aliphatic hydroxyl groups excluding tert-OH is 1. The molecule has 174 valence electrons. The predicted octanol–water partition coefficient (Wildman–Crippen LogP) is 4.44. The number of benzene rings is 3. The summed E-state index contributed by atoms with van der Waals surface area (Å²) < 4.78 is 22.1. The number of aryl methyl sites for hydroxylation is 1. The van der Waals surface area contributed by atoms with Gasteiger partial charge in [0.05, 0.1) is 23.3 Å². The molecule has 0 saturated carbocycles. The van der Waals surface area contributed by atoms with Gasteiger partial charge in [-0.2, -0.15) is 0 Å². The normalized spacial score (nSPS) is 16.9. The molecule has 34 heavy (non-hydrogen) atoms. The number of para-hydroxylation sites is 3. The number of nitrogens with zero attached hydrogens (tertiary/aromatic N) is 3. The second-order valence-electron chi connectivity index (χ2n) is 8.70. The molecule has 1 N–H and O–H groups in total. The smallest absolute Gasteiger partial charge is 0.227 e. The Morgan fingerprint density at radius 3 is 2.62 bits per heavy atom. The fraction of sp³-hybridized carbons (Fsp3) is 0.259. The number of ether oxygens (including phenoxy) is 1. The van der Waals surface area contributed by atoms with Gasteiger partial charge >= 0.3 is 0 Å². The molecular weight excluding hydrogens is 433 g/mol. The van der Waals surface area contributed by atoms with E-state index in [1.165, 1.54) is 11.0 Å². The summed E-state index contributed by atoms with van der Waals surface area (Å²) in [6, 6.07) is 21.7. The fourth-order valence-corrected chi connectivity index (χ4v) is 4.47. The molecule has 1 fully saturated rings. The molecule has 0 aliphatic carbocycles. The number of fused-ring (bicyclic) bond motifs is 1. The van der Waals surface area contributed by atoms with Gasteiger partial charge in [-0.1, -0.05) is 42.0 Å². The molecule has 5 rings (SSSR count). The van der Waals surface area contributed by atoms with Crippen molar-refractivity contribution in [2.45, 2.75) is 31.9 Å². The zero-order valence-electron chi connectivity index (χ0n) is 18.9. The van der Waals surface area contributed by atoms with E-state index in [1.807, 2.05) is 60.0 Å². The molecule has 1 saturated heterocycles. The van der Waals surface area contributed by atoms with Gasteiger partial charge < -0.3 is 19.3 Å². The average molecular weight is 460 g/mol. The summed E-state index contributed by atoms with van der Waals surface area (Å²) in [5.74, 6) is 0.625. The summed E-state index contributed by atoms with van der Waals surface area (Å²) in [4.78, 5) is 19.1. The minimum atomic E-state index is -0.780. The highest BCUT2D eigenvalue weighted by molar-refractivity contribution is 5.96. The molecule has 2 heterocycles. The largest absolute Gasteiger partial charge is 0.491 e. The Hall–Kier alpha value is -3.71. The van der Waals surface area contributed by atoms with Gasteiger partial charge in [0.25, 0.3) is 0 Å². The van der Waals surface area contributed by atoms with Crippen molar-refractivity contribution in [2.75, 3.05) is 18.1 Å². The van der Waals surface area contributed by atoms with Crippen molar-refractivity contribution >= 4 is 22.6 Å². The third-order valence-electron chi connectivity index (χ3n) is 6.17. The van der Waals surface area contributed by atoms with E-state index >= 15 is 0 Å². The Morgan fingerprint density at radius 2 is 1.82 bits per heavy atom. The minimum Gasteiger partial charge on any atom is -0.491 e. The Labute approximate surface area is 197 Å². The van der Waals surface area contributed by atoms with E-state index in [0.717, 1.165) is 16.6 Å². The van der Waals surface area contributed by atoms with Gasteiger partial charge in [0.2, 0.25) is 5.91 Å². The van der Waals surface area contributed by atoms with Gasteiger partial charge in [0.15, 0.2) is 0 Å². The Bertz CT molecular complexity index is 1320. The summed E-state index contributed by atoms with van der Waals surface area (Å²) in [5, 5.41) is 10.8.